The van der Waals surface area contributed by atoms with Gasteiger partial charge >= 0.3 is 0 Å². The third-order valence-corrected chi connectivity index (χ3v) is 2.94. The highest BCUT2D eigenvalue weighted by molar-refractivity contribution is 4.97. The highest BCUT2D eigenvalue weighted by Crippen LogP contribution is 2.26. The van der Waals surface area contributed by atoms with E-state index in [-0.39, 0.29) is 0 Å². The van der Waals surface area contributed by atoms with Crippen molar-refractivity contribution in [3.63, 3.8) is 0 Å². The summed E-state index contributed by atoms with van der Waals surface area (Å²) in [6.07, 6.45) is 9.33. The first kappa shape index (κ1) is 8.75. The van der Waals surface area contributed by atoms with Gasteiger partial charge in [-0.05, 0) is 18.8 Å². The van der Waals surface area contributed by atoms with Gasteiger partial charge in [0.2, 0.25) is 0 Å². The monoisotopic (exact) mass is 179 g/mol. The topological polar surface area (TPSA) is 43.8 Å². The van der Waals surface area contributed by atoms with Crippen LogP contribution in [0.3, 0.4) is 0 Å². The molecule has 0 saturated heterocycles. The Morgan fingerprint density at radius 2 is 2.23 bits per heavy atom. The summed E-state index contributed by atoms with van der Waals surface area (Å²) in [6, 6.07) is 0. The maximum absolute atomic E-state index is 5.61. The zero-order valence-corrected chi connectivity index (χ0v) is 7.95. The average molecular weight is 179 g/mol. The Balaban J connectivity index is 1.99. The second-order valence-electron chi connectivity index (χ2n) is 3.89. The molecule has 0 aliphatic heterocycles. The van der Waals surface area contributed by atoms with Crippen molar-refractivity contribution in [3.8, 4) is 0 Å². The van der Waals surface area contributed by atoms with Gasteiger partial charge in [-0.3, -0.25) is 0 Å². The summed E-state index contributed by atoms with van der Waals surface area (Å²) in [5.41, 5.74) is 6.77. The standard InChI is InChI=1S/C10H17N3/c11-5-10-6-12-8-13(10)7-9-3-1-2-4-9/h6,8-9H,1-5,7,11H2. The van der Waals surface area contributed by atoms with E-state index in [9.17, 15) is 0 Å². The lowest BCUT2D eigenvalue weighted by Gasteiger charge is -2.11. The largest absolute Gasteiger partial charge is 0.333 e. The van der Waals surface area contributed by atoms with Gasteiger partial charge in [0.25, 0.3) is 0 Å². The summed E-state index contributed by atoms with van der Waals surface area (Å²) < 4.78 is 2.20. The first-order valence-corrected chi connectivity index (χ1v) is 5.09. The van der Waals surface area contributed by atoms with E-state index in [0.29, 0.717) is 6.54 Å². The first-order valence-electron chi connectivity index (χ1n) is 5.09. The minimum absolute atomic E-state index is 0.604. The molecule has 1 saturated carbocycles. The normalized spacial score (nSPS) is 18.2. The summed E-state index contributed by atoms with van der Waals surface area (Å²) in [6.45, 7) is 1.72. The van der Waals surface area contributed by atoms with Crippen molar-refractivity contribution in [1.29, 1.82) is 0 Å². The number of hydrogen-bond acceptors (Lipinski definition) is 2. The molecule has 0 spiro atoms. The summed E-state index contributed by atoms with van der Waals surface area (Å²) in [4.78, 5) is 4.12. The molecule has 72 valence electrons. The number of aromatic nitrogens is 2. The van der Waals surface area contributed by atoms with Crippen LogP contribution in [0.15, 0.2) is 12.5 Å². The smallest absolute Gasteiger partial charge is 0.0948 e. The molecule has 0 amide bonds. The van der Waals surface area contributed by atoms with Crippen LogP contribution in [0.2, 0.25) is 0 Å². The maximum atomic E-state index is 5.61. The molecular weight excluding hydrogens is 162 g/mol. The van der Waals surface area contributed by atoms with E-state index in [1.54, 1.807) is 0 Å². The molecule has 0 aromatic carbocycles. The minimum Gasteiger partial charge on any atom is -0.333 e. The van der Waals surface area contributed by atoms with E-state index in [1.807, 2.05) is 12.5 Å². The van der Waals surface area contributed by atoms with Crippen LogP contribution in [0, 0.1) is 5.92 Å². The van der Waals surface area contributed by atoms with Crippen molar-refractivity contribution < 1.29 is 0 Å². The van der Waals surface area contributed by atoms with Crippen LogP contribution < -0.4 is 5.73 Å². The molecule has 1 aromatic rings. The van der Waals surface area contributed by atoms with Gasteiger partial charge in [0.1, 0.15) is 0 Å². The molecule has 0 atom stereocenters. The molecule has 2 rings (SSSR count). The van der Waals surface area contributed by atoms with E-state index >= 15 is 0 Å². The Morgan fingerprint density at radius 3 is 2.92 bits per heavy atom. The Morgan fingerprint density at radius 1 is 1.46 bits per heavy atom. The Labute approximate surface area is 79.0 Å². The highest BCUT2D eigenvalue weighted by Gasteiger charge is 2.15. The fourth-order valence-corrected chi connectivity index (χ4v) is 2.15. The van der Waals surface area contributed by atoms with Crippen LogP contribution in [0.25, 0.3) is 0 Å². The summed E-state index contributed by atoms with van der Waals surface area (Å²) in [5, 5.41) is 0. The Hall–Kier alpha value is -0.830. The number of imidazole rings is 1. The lowest BCUT2D eigenvalue weighted by Crippen LogP contribution is -2.11. The molecule has 1 aliphatic rings. The predicted octanol–water partition coefficient (Wildman–Crippen LogP) is 1.53. The predicted molar refractivity (Wildman–Crippen MR) is 52.1 cm³/mol. The van der Waals surface area contributed by atoms with Gasteiger partial charge in [0.15, 0.2) is 0 Å². The van der Waals surface area contributed by atoms with Crippen LogP contribution in [-0.4, -0.2) is 9.55 Å². The number of rotatable bonds is 3. The van der Waals surface area contributed by atoms with Gasteiger partial charge in [-0.2, -0.15) is 0 Å². The number of nitrogens with two attached hydrogens (primary N) is 1. The molecule has 0 bridgehead atoms. The molecule has 2 N–H and O–H groups in total. The second kappa shape index (κ2) is 3.92. The van der Waals surface area contributed by atoms with E-state index < -0.39 is 0 Å². The number of hydrogen-bond donors (Lipinski definition) is 1. The third kappa shape index (κ3) is 1.91. The Bertz CT molecular complexity index is 261. The van der Waals surface area contributed by atoms with Crippen molar-refractivity contribution >= 4 is 0 Å². The average Bonchev–Trinajstić information content (AvgIpc) is 2.76. The van der Waals surface area contributed by atoms with Crippen LogP contribution in [-0.2, 0) is 13.1 Å². The summed E-state index contributed by atoms with van der Waals surface area (Å²) in [5.74, 6) is 0.861. The van der Waals surface area contributed by atoms with E-state index in [1.165, 1.54) is 25.7 Å². The zero-order chi connectivity index (χ0) is 9.10. The van der Waals surface area contributed by atoms with E-state index in [2.05, 4.69) is 9.55 Å². The lowest BCUT2D eigenvalue weighted by atomic mass is 10.1. The molecule has 1 fully saturated rings. The summed E-state index contributed by atoms with van der Waals surface area (Å²) >= 11 is 0. The first-order chi connectivity index (χ1) is 6.40. The molecule has 3 heteroatoms. The quantitative estimate of drug-likeness (QED) is 0.764. The van der Waals surface area contributed by atoms with Crippen molar-refractivity contribution in [2.75, 3.05) is 0 Å². The van der Waals surface area contributed by atoms with Gasteiger partial charge in [0, 0.05) is 19.3 Å². The van der Waals surface area contributed by atoms with Gasteiger partial charge in [0.05, 0.1) is 12.0 Å². The van der Waals surface area contributed by atoms with Crippen molar-refractivity contribution in [2.24, 2.45) is 11.7 Å². The molecule has 3 nitrogen and oxygen atoms in total. The zero-order valence-electron chi connectivity index (χ0n) is 7.95. The molecule has 1 aromatic heterocycles. The Kier molecular flexibility index (Phi) is 2.64. The van der Waals surface area contributed by atoms with Gasteiger partial charge in [-0.1, -0.05) is 12.8 Å². The molecular formula is C10H17N3. The van der Waals surface area contributed by atoms with E-state index in [4.69, 9.17) is 5.73 Å². The number of nitrogens with zero attached hydrogens (tertiary/aromatic N) is 2. The van der Waals surface area contributed by atoms with Gasteiger partial charge in [-0.25, -0.2) is 4.98 Å². The van der Waals surface area contributed by atoms with Crippen molar-refractivity contribution in [3.05, 3.63) is 18.2 Å². The summed E-state index contributed by atoms with van der Waals surface area (Å²) in [7, 11) is 0. The molecule has 0 radical (unpaired) electrons. The lowest BCUT2D eigenvalue weighted by molar-refractivity contribution is 0.449. The molecule has 0 unspecified atom stereocenters. The van der Waals surface area contributed by atoms with Gasteiger partial charge in [-0.15, -0.1) is 0 Å². The highest BCUT2D eigenvalue weighted by atomic mass is 15.1. The van der Waals surface area contributed by atoms with Crippen molar-refractivity contribution in [1.82, 2.24) is 9.55 Å². The van der Waals surface area contributed by atoms with Crippen LogP contribution in [0.4, 0.5) is 0 Å². The van der Waals surface area contributed by atoms with Crippen molar-refractivity contribution in [2.45, 2.75) is 38.8 Å². The second-order valence-corrected chi connectivity index (χ2v) is 3.89. The fraction of sp³-hybridized carbons (Fsp3) is 0.700. The SMILES string of the molecule is NCc1cncn1CC1CCCC1. The molecule has 1 aliphatic carbocycles. The van der Waals surface area contributed by atoms with Crippen LogP contribution in [0.5, 0.6) is 0 Å². The molecule has 13 heavy (non-hydrogen) atoms. The maximum Gasteiger partial charge on any atom is 0.0948 e. The van der Waals surface area contributed by atoms with Crippen LogP contribution >= 0.6 is 0 Å². The van der Waals surface area contributed by atoms with Crippen LogP contribution in [0.1, 0.15) is 31.4 Å². The third-order valence-electron chi connectivity index (χ3n) is 2.94. The minimum atomic E-state index is 0.604. The molecule has 1 heterocycles. The fourth-order valence-electron chi connectivity index (χ4n) is 2.15. The van der Waals surface area contributed by atoms with E-state index in [0.717, 1.165) is 18.2 Å². The van der Waals surface area contributed by atoms with Gasteiger partial charge < -0.3 is 10.3 Å².